The van der Waals surface area contributed by atoms with Gasteiger partial charge in [0.25, 0.3) is 0 Å². The van der Waals surface area contributed by atoms with E-state index in [1.165, 1.54) is 0 Å². The number of unbranched alkanes of at least 4 members (excludes halogenated alkanes) is 1. The van der Waals surface area contributed by atoms with E-state index in [0.29, 0.717) is 6.54 Å². The van der Waals surface area contributed by atoms with Crippen LogP contribution in [-0.2, 0) is 13.0 Å². The first-order valence-corrected chi connectivity index (χ1v) is 8.48. The molecule has 0 atom stereocenters. The zero-order valence-corrected chi connectivity index (χ0v) is 16.0. The number of nitrogens with one attached hydrogen (secondary N) is 1. The van der Waals surface area contributed by atoms with E-state index in [0.717, 1.165) is 54.4 Å². The Morgan fingerprint density at radius 1 is 1.24 bits per heavy atom. The van der Waals surface area contributed by atoms with Gasteiger partial charge in [-0.1, -0.05) is 12.2 Å². The van der Waals surface area contributed by atoms with Crippen LogP contribution in [0.2, 0.25) is 0 Å². The van der Waals surface area contributed by atoms with E-state index in [2.05, 4.69) is 34.4 Å². The second-order valence-electron chi connectivity index (χ2n) is 5.74. The van der Waals surface area contributed by atoms with Gasteiger partial charge in [-0.05, 0) is 37.0 Å². The van der Waals surface area contributed by atoms with Crippen LogP contribution in [0.5, 0.6) is 11.5 Å². The van der Waals surface area contributed by atoms with Gasteiger partial charge in [0.1, 0.15) is 0 Å². The highest BCUT2D eigenvalue weighted by atomic mass is 16.5. The maximum atomic E-state index is 5.48. The van der Waals surface area contributed by atoms with Gasteiger partial charge in [-0.25, -0.2) is 0 Å². The predicted molar refractivity (Wildman–Crippen MR) is 106 cm³/mol. The summed E-state index contributed by atoms with van der Waals surface area (Å²) in [6, 6.07) is 4.10. The molecular formula is C20H31N3O2. The first-order valence-electron chi connectivity index (χ1n) is 8.48. The molecule has 1 N–H and O–H groups in total. The molecule has 1 aromatic carbocycles. The van der Waals surface area contributed by atoms with Crippen LogP contribution in [0.1, 0.15) is 24.0 Å². The van der Waals surface area contributed by atoms with Gasteiger partial charge in [-0.3, -0.25) is 4.99 Å². The van der Waals surface area contributed by atoms with E-state index in [-0.39, 0.29) is 0 Å². The molecule has 0 unspecified atom stereocenters. The quantitative estimate of drug-likeness (QED) is 0.305. The molecule has 0 saturated carbocycles. The Kier molecular flexibility index (Phi) is 9.22. The summed E-state index contributed by atoms with van der Waals surface area (Å²) >= 11 is 0. The first-order chi connectivity index (χ1) is 12.1. The van der Waals surface area contributed by atoms with Crippen LogP contribution in [0.3, 0.4) is 0 Å². The molecule has 0 amide bonds. The highest BCUT2D eigenvalue weighted by Crippen LogP contribution is 2.33. The monoisotopic (exact) mass is 345 g/mol. The lowest BCUT2D eigenvalue weighted by Crippen LogP contribution is -2.39. The Balaban J connectivity index is 2.85. The van der Waals surface area contributed by atoms with E-state index in [1.807, 2.05) is 25.3 Å². The predicted octanol–water partition coefficient (Wildman–Crippen LogP) is 3.41. The number of ether oxygens (including phenoxy) is 2. The second kappa shape index (κ2) is 11.2. The van der Waals surface area contributed by atoms with Gasteiger partial charge in [-0.15, -0.1) is 13.2 Å². The normalized spacial score (nSPS) is 11.0. The number of hydrogen-bond acceptors (Lipinski definition) is 3. The van der Waals surface area contributed by atoms with Crippen molar-refractivity contribution in [2.45, 2.75) is 25.8 Å². The number of nitrogens with zero attached hydrogens (tertiary/aromatic N) is 2. The molecule has 0 bridgehead atoms. The molecule has 138 valence electrons. The van der Waals surface area contributed by atoms with Gasteiger partial charge in [0.2, 0.25) is 0 Å². The fourth-order valence-electron chi connectivity index (χ4n) is 2.66. The molecule has 0 aromatic heterocycles. The molecule has 25 heavy (non-hydrogen) atoms. The van der Waals surface area contributed by atoms with Crippen LogP contribution in [0.15, 0.2) is 42.4 Å². The molecule has 5 heteroatoms. The lowest BCUT2D eigenvalue weighted by Gasteiger charge is -2.22. The van der Waals surface area contributed by atoms with E-state index in [4.69, 9.17) is 9.47 Å². The number of benzene rings is 1. The van der Waals surface area contributed by atoms with Crippen molar-refractivity contribution < 1.29 is 9.47 Å². The van der Waals surface area contributed by atoms with E-state index in [9.17, 15) is 0 Å². The zero-order valence-electron chi connectivity index (χ0n) is 16.0. The van der Waals surface area contributed by atoms with Crippen molar-refractivity contribution in [3.8, 4) is 11.5 Å². The van der Waals surface area contributed by atoms with Crippen molar-refractivity contribution in [1.29, 1.82) is 0 Å². The molecule has 0 aliphatic heterocycles. The van der Waals surface area contributed by atoms with Crippen LogP contribution in [0.25, 0.3) is 0 Å². The Labute approximate surface area is 152 Å². The summed E-state index contributed by atoms with van der Waals surface area (Å²) in [7, 11) is 7.14. The van der Waals surface area contributed by atoms with E-state index >= 15 is 0 Å². The average Bonchev–Trinajstić information content (AvgIpc) is 2.62. The number of rotatable bonds is 10. The number of aliphatic imine (C=N–C) groups is 1. The second-order valence-corrected chi connectivity index (χ2v) is 5.74. The molecule has 5 nitrogen and oxygen atoms in total. The van der Waals surface area contributed by atoms with E-state index < -0.39 is 0 Å². The summed E-state index contributed by atoms with van der Waals surface area (Å²) in [4.78, 5) is 6.47. The molecule has 0 heterocycles. The van der Waals surface area contributed by atoms with Crippen LogP contribution >= 0.6 is 0 Å². The number of guanidine groups is 1. The minimum Gasteiger partial charge on any atom is -0.493 e. The summed E-state index contributed by atoms with van der Waals surface area (Å²) in [6.45, 7) is 9.16. The molecule has 0 saturated heterocycles. The topological polar surface area (TPSA) is 46.1 Å². The summed E-state index contributed by atoms with van der Waals surface area (Å²) in [5, 5.41) is 3.40. The number of allylic oxidation sites excluding steroid dienone is 2. The lowest BCUT2D eigenvalue weighted by molar-refractivity contribution is 0.351. The molecule has 0 fully saturated rings. The van der Waals surface area contributed by atoms with Gasteiger partial charge in [0.15, 0.2) is 17.5 Å². The van der Waals surface area contributed by atoms with Crippen molar-refractivity contribution in [2.24, 2.45) is 4.99 Å². The van der Waals surface area contributed by atoms with Crippen molar-refractivity contribution >= 4 is 5.96 Å². The SMILES string of the molecule is C=CCCCN(C)C(=NC)NCc1cc(CC=C)c(OC)c(OC)c1. The maximum Gasteiger partial charge on any atom is 0.193 e. The highest BCUT2D eigenvalue weighted by molar-refractivity contribution is 5.79. The highest BCUT2D eigenvalue weighted by Gasteiger charge is 2.12. The Morgan fingerprint density at radius 3 is 2.56 bits per heavy atom. The third kappa shape index (κ3) is 6.18. The summed E-state index contributed by atoms with van der Waals surface area (Å²) in [6.07, 6.45) is 6.58. The molecule has 0 aliphatic carbocycles. The Hall–Kier alpha value is -2.43. The van der Waals surface area contributed by atoms with Gasteiger partial charge in [0.05, 0.1) is 14.2 Å². The van der Waals surface area contributed by atoms with Crippen LogP contribution in [0, 0.1) is 0 Å². The van der Waals surface area contributed by atoms with Gasteiger partial charge < -0.3 is 19.7 Å². The fraction of sp³-hybridized carbons (Fsp3) is 0.450. The van der Waals surface area contributed by atoms with Crippen LogP contribution < -0.4 is 14.8 Å². The van der Waals surface area contributed by atoms with Crippen LogP contribution in [-0.4, -0.2) is 45.7 Å². The molecule has 0 radical (unpaired) electrons. The third-order valence-corrected chi connectivity index (χ3v) is 3.91. The Bertz CT molecular complexity index is 597. The minimum absolute atomic E-state index is 0.656. The van der Waals surface area contributed by atoms with Crippen molar-refractivity contribution in [2.75, 3.05) is 34.9 Å². The summed E-state index contributed by atoms with van der Waals surface area (Å²) in [5.41, 5.74) is 2.16. The Morgan fingerprint density at radius 2 is 2.00 bits per heavy atom. The largest absolute Gasteiger partial charge is 0.493 e. The molecule has 0 aliphatic rings. The van der Waals surface area contributed by atoms with Crippen molar-refractivity contribution in [3.05, 3.63) is 48.6 Å². The number of methoxy groups -OCH3 is 2. The van der Waals surface area contributed by atoms with Gasteiger partial charge in [0, 0.05) is 32.7 Å². The molecule has 0 spiro atoms. The summed E-state index contributed by atoms with van der Waals surface area (Å²) < 4.78 is 11.0. The molecule has 1 aromatic rings. The fourth-order valence-corrected chi connectivity index (χ4v) is 2.66. The maximum absolute atomic E-state index is 5.48. The minimum atomic E-state index is 0.656. The smallest absolute Gasteiger partial charge is 0.193 e. The zero-order chi connectivity index (χ0) is 18.7. The third-order valence-electron chi connectivity index (χ3n) is 3.91. The summed E-state index contributed by atoms with van der Waals surface area (Å²) in [5.74, 6) is 2.36. The van der Waals surface area contributed by atoms with E-state index in [1.54, 1.807) is 21.3 Å². The first kappa shape index (κ1) is 20.6. The number of hydrogen-bond donors (Lipinski definition) is 1. The van der Waals surface area contributed by atoms with Gasteiger partial charge in [-0.2, -0.15) is 0 Å². The van der Waals surface area contributed by atoms with Gasteiger partial charge >= 0.3 is 0 Å². The molecular weight excluding hydrogens is 314 g/mol. The lowest BCUT2D eigenvalue weighted by atomic mass is 10.1. The van der Waals surface area contributed by atoms with Crippen molar-refractivity contribution in [1.82, 2.24) is 10.2 Å². The molecule has 1 rings (SSSR count). The average molecular weight is 345 g/mol. The van der Waals surface area contributed by atoms with Crippen molar-refractivity contribution in [3.63, 3.8) is 0 Å². The standard InChI is InChI=1S/C20H31N3O2/c1-7-9-10-12-23(4)20(21-3)22-15-16-13-17(11-8-2)19(25-6)18(14-16)24-5/h7-8,13-14H,1-2,9-12,15H2,3-6H3,(H,21,22). The van der Waals surface area contributed by atoms with Crippen LogP contribution in [0.4, 0.5) is 0 Å².